The van der Waals surface area contributed by atoms with E-state index < -0.39 is 0 Å². The molecule has 3 nitrogen and oxygen atoms in total. The van der Waals surface area contributed by atoms with Gasteiger partial charge < -0.3 is 15.0 Å². The molecule has 0 amide bonds. The average molecular weight is 228 g/mol. The zero-order valence-corrected chi connectivity index (χ0v) is 11.2. The molecule has 0 aromatic rings. The van der Waals surface area contributed by atoms with Crippen LogP contribution >= 0.6 is 0 Å². The van der Waals surface area contributed by atoms with Crippen molar-refractivity contribution in [3.63, 3.8) is 0 Å². The summed E-state index contributed by atoms with van der Waals surface area (Å²) in [6.45, 7) is 9.73. The first-order valence-electron chi connectivity index (χ1n) is 6.77. The van der Waals surface area contributed by atoms with Crippen molar-refractivity contribution >= 4 is 0 Å². The summed E-state index contributed by atoms with van der Waals surface area (Å²) in [7, 11) is 2.02. The van der Waals surface area contributed by atoms with Gasteiger partial charge in [-0.1, -0.05) is 13.8 Å². The Morgan fingerprint density at radius 2 is 1.94 bits per heavy atom. The van der Waals surface area contributed by atoms with E-state index in [4.69, 9.17) is 4.74 Å². The van der Waals surface area contributed by atoms with Crippen molar-refractivity contribution in [1.29, 1.82) is 0 Å². The van der Waals surface area contributed by atoms with Gasteiger partial charge in [-0.05, 0) is 52.4 Å². The Morgan fingerprint density at radius 3 is 2.38 bits per heavy atom. The van der Waals surface area contributed by atoms with E-state index in [1.807, 2.05) is 7.05 Å². The molecule has 0 bridgehead atoms. The average Bonchev–Trinajstić information content (AvgIpc) is 2.26. The molecule has 16 heavy (non-hydrogen) atoms. The van der Waals surface area contributed by atoms with Gasteiger partial charge in [-0.3, -0.25) is 0 Å². The Labute approximate surface area is 101 Å². The van der Waals surface area contributed by atoms with Crippen LogP contribution in [0.4, 0.5) is 0 Å². The third-order valence-corrected chi connectivity index (χ3v) is 3.81. The van der Waals surface area contributed by atoms with Gasteiger partial charge in [-0.25, -0.2) is 0 Å². The van der Waals surface area contributed by atoms with Crippen LogP contribution in [0, 0.1) is 0 Å². The molecule has 1 aliphatic carbocycles. The van der Waals surface area contributed by atoms with Crippen LogP contribution in [-0.2, 0) is 4.74 Å². The Hall–Kier alpha value is -0.120. The SMILES string of the molecule is CCN(CC)CCOC1(CCNC)CCC1. The van der Waals surface area contributed by atoms with Crippen molar-refractivity contribution in [2.75, 3.05) is 39.8 Å². The van der Waals surface area contributed by atoms with Gasteiger partial charge in [0.1, 0.15) is 0 Å². The maximum Gasteiger partial charge on any atom is 0.0695 e. The van der Waals surface area contributed by atoms with Gasteiger partial charge in [-0.2, -0.15) is 0 Å². The first-order chi connectivity index (χ1) is 7.76. The summed E-state index contributed by atoms with van der Waals surface area (Å²) in [6, 6.07) is 0. The highest BCUT2D eigenvalue weighted by Gasteiger charge is 2.37. The molecular weight excluding hydrogens is 200 g/mol. The second-order valence-electron chi connectivity index (χ2n) is 4.77. The van der Waals surface area contributed by atoms with Gasteiger partial charge in [0.15, 0.2) is 0 Å². The topological polar surface area (TPSA) is 24.5 Å². The van der Waals surface area contributed by atoms with Gasteiger partial charge in [-0.15, -0.1) is 0 Å². The molecule has 0 radical (unpaired) electrons. The second kappa shape index (κ2) is 7.25. The summed E-state index contributed by atoms with van der Waals surface area (Å²) in [5, 5.41) is 3.22. The molecule has 0 aromatic carbocycles. The Morgan fingerprint density at radius 1 is 1.25 bits per heavy atom. The monoisotopic (exact) mass is 228 g/mol. The number of nitrogens with zero attached hydrogens (tertiary/aromatic N) is 1. The Kier molecular flexibility index (Phi) is 6.32. The van der Waals surface area contributed by atoms with Crippen LogP contribution in [-0.4, -0.2) is 50.3 Å². The number of hydrogen-bond donors (Lipinski definition) is 1. The maximum atomic E-state index is 6.12. The molecule has 1 fully saturated rings. The summed E-state index contributed by atoms with van der Waals surface area (Å²) in [4.78, 5) is 2.42. The molecule has 1 saturated carbocycles. The van der Waals surface area contributed by atoms with E-state index in [1.165, 1.54) is 25.7 Å². The zero-order chi connectivity index (χ0) is 11.9. The quantitative estimate of drug-likeness (QED) is 0.652. The lowest BCUT2D eigenvalue weighted by Gasteiger charge is -2.42. The van der Waals surface area contributed by atoms with E-state index >= 15 is 0 Å². The molecule has 1 rings (SSSR count). The fourth-order valence-electron chi connectivity index (χ4n) is 2.32. The molecule has 3 heteroatoms. The van der Waals surface area contributed by atoms with Crippen LogP contribution in [0.3, 0.4) is 0 Å². The number of hydrogen-bond acceptors (Lipinski definition) is 3. The molecule has 0 heterocycles. The lowest BCUT2D eigenvalue weighted by molar-refractivity contribution is -0.108. The van der Waals surface area contributed by atoms with E-state index in [0.29, 0.717) is 0 Å². The van der Waals surface area contributed by atoms with Crippen LogP contribution in [0.1, 0.15) is 39.5 Å². The minimum absolute atomic E-state index is 0.218. The summed E-state index contributed by atoms with van der Waals surface area (Å²) in [5.41, 5.74) is 0.218. The van der Waals surface area contributed by atoms with Gasteiger partial charge in [0, 0.05) is 6.54 Å². The second-order valence-corrected chi connectivity index (χ2v) is 4.77. The lowest BCUT2D eigenvalue weighted by Crippen LogP contribution is -2.44. The Bertz CT molecular complexity index is 177. The first-order valence-corrected chi connectivity index (χ1v) is 6.77. The zero-order valence-electron chi connectivity index (χ0n) is 11.2. The Balaban J connectivity index is 2.18. The van der Waals surface area contributed by atoms with Crippen LogP contribution in [0.5, 0.6) is 0 Å². The van der Waals surface area contributed by atoms with E-state index in [1.54, 1.807) is 0 Å². The van der Waals surface area contributed by atoms with Crippen molar-refractivity contribution < 1.29 is 4.74 Å². The number of ether oxygens (including phenoxy) is 1. The summed E-state index contributed by atoms with van der Waals surface area (Å²) < 4.78 is 6.12. The third kappa shape index (κ3) is 4.04. The standard InChI is InChI=1S/C13H28N2O/c1-4-15(5-2)11-12-16-13(7-6-8-13)9-10-14-3/h14H,4-12H2,1-3H3. The summed E-state index contributed by atoms with van der Waals surface area (Å²) >= 11 is 0. The van der Waals surface area contributed by atoms with E-state index in [0.717, 1.165) is 32.8 Å². The van der Waals surface area contributed by atoms with Crippen molar-refractivity contribution in [2.45, 2.75) is 45.1 Å². The molecule has 0 aliphatic heterocycles. The van der Waals surface area contributed by atoms with E-state index in [-0.39, 0.29) is 5.60 Å². The van der Waals surface area contributed by atoms with Crippen molar-refractivity contribution in [2.24, 2.45) is 0 Å². The first kappa shape index (κ1) is 13.9. The molecule has 0 spiro atoms. The maximum absolute atomic E-state index is 6.12. The van der Waals surface area contributed by atoms with Gasteiger partial charge >= 0.3 is 0 Å². The van der Waals surface area contributed by atoms with Crippen molar-refractivity contribution in [3.8, 4) is 0 Å². The van der Waals surface area contributed by atoms with E-state index in [2.05, 4.69) is 24.1 Å². The number of likely N-dealkylation sites (N-methyl/N-ethyl adjacent to an activating group) is 1. The molecule has 96 valence electrons. The lowest BCUT2D eigenvalue weighted by atomic mass is 9.77. The molecule has 1 N–H and O–H groups in total. The molecule has 0 atom stereocenters. The normalized spacial score (nSPS) is 18.8. The van der Waals surface area contributed by atoms with Gasteiger partial charge in [0.05, 0.1) is 12.2 Å². The summed E-state index contributed by atoms with van der Waals surface area (Å²) in [5.74, 6) is 0. The van der Waals surface area contributed by atoms with Crippen LogP contribution in [0.2, 0.25) is 0 Å². The molecule has 0 saturated heterocycles. The molecule has 0 unspecified atom stereocenters. The van der Waals surface area contributed by atoms with Gasteiger partial charge in [0.25, 0.3) is 0 Å². The fourth-order valence-corrected chi connectivity index (χ4v) is 2.32. The molecule has 0 aromatic heterocycles. The third-order valence-electron chi connectivity index (χ3n) is 3.81. The minimum atomic E-state index is 0.218. The van der Waals surface area contributed by atoms with Crippen LogP contribution < -0.4 is 5.32 Å². The van der Waals surface area contributed by atoms with E-state index in [9.17, 15) is 0 Å². The smallest absolute Gasteiger partial charge is 0.0695 e. The number of rotatable bonds is 9. The van der Waals surface area contributed by atoms with Crippen LogP contribution in [0.25, 0.3) is 0 Å². The molecular formula is C13H28N2O. The highest BCUT2D eigenvalue weighted by Crippen LogP contribution is 2.38. The summed E-state index contributed by atoms with van der Waals surface area (Å²) in [6.07, 6.45) is 5.02. The van der Waals surface area contributed by atoms with Gasteiger partial charge in [0.2, 0.25) is 0 Å². The van der Waals surface area contributed by atoms with Crippen molar-refractivity contribution in [1.82, 2.24) is 10.2 Å². The predicted molar refractivity (Wildman–Crippen MR) is 68.9 cm³/mol. The highest BCUT2D eigenvalue weighted by atomic mass is 16.5. The predicted octanol–water partition coefficient (Wildman–Crippen LogP) is 1.88. The van der Waals surface area contributed by atoms with Crippen molar-refractivity contribution in [3.05, 3.63) is 0 Å². The minimum Gasteiger partial charge on any atom is -0.374 e. The fraction of sp³-hybridized carbons (Fsp3) is 1.00. The largest absolute Gasteiger partial charge is 0.374 e. The highest BCUT2D eigenvalue weighted by molar-refractivity contribution is 4.90. The van der Waals surface area contributed by atoms with Crippen LogP contribution in [0.15, 0.2) is 0 Å². The molecule has 1 aliphatic rings. The number of nitrogens with one attached hydrogen (secondary N) is 1.